The number of ether oxygens (including phenoxy) is 3. The Balaban J connectivity index is 1.15. The maximum atomic E-state index is 13.6. The lowest BCUT2D eigenvalue weighted by Gasteiger charge is -2.43. The summed E-state index contributed by atoms with van der Waals surface area (Å²) in [6.07, 6.45) is 1.49. The molecule has 10 heteroatoms. The highest BCUT2D eigenvalue weighted by Gasteiger charge is 2.54. The summed E-state index contributed by atoms with van der Waals surface area (Å²) in [5, 5.41) is 29.1. The highest BCUT2D eigenvalue weighted by molar-refractivity contribution is 5.95. The Kier molecular flexibility index (Phi) is 8.98. The van der Waals surface area contributed by atoms with E-state index in [9.17, 15) is 15.0 Å². The molecule has 3 aromatic carbocycles. The number of nitrogens with one attached hydrogen (secondary N) is 1. The fourth-order valence-electron chi connectivity index (χ4n) is 5.77. The highest BCUT2D eigenvalue weighted by atomic mass is 16.6. The Morgan fingerprint density at radius 1 is 1.11 bits per heavy atom. The summed E-state index contributed by atoms with van der Waals surface area (Å²) in [6.45, 7) is 3.19. The molecule has 10 nitrogen and oxygen atoms in total. The zero-order chi connectivity index (χ0) is 31.4. The molecule has 0 radical (unpaired) electrons. The monoisotopic (exact) mass is 608 g/mol. The van der Waals surface area contributed by atoms with Crippen LogP contribution in [0.3, 0.4) is 0 Å². The van der Waals surface area contributed by atoms with Crippen molar-refractivity contribution in [2.45, 2.75) is 44.6 Å². The standard InChI is InChI=1S/C35H36N4O6/c1-24-8-15-31(40)29(20-24)32-27(21-38(2)37-32)12-9-25-10-13-28(14-11-25)36-33(41)30-23-45-35(16-18-43-19-17-35)39(30)34(42)44-22-26-6-4-3-5-7-26/h3-8,10-11,13-15,20-21,30,34,40,42H,16-19,22-23H2,1-2H3,(H,36,41)/t30-,34?/m0/s1. The molecule has 1 amide bonds. The van der Waals surface area contributed by atoms with E-state index in [0.29, 0.717) is 48.6 Å². The number of aliphatic hydroxyl groups excluding tert-OH is 1. The number of anilines is 1. The minimum absolute atomic E-state index is 0.116. The van der Waals surface area contributed by atoms with Crippen LogP contribution in [0.4, 0.5) is 5.69 Å². The van der Waals surface area contributed by atoms with Gasteiger partial charge in [0.2, 0.25) is 12.3 Å². The van der Waals surface area contributed by atoms with Crippen molar-refractivity contribution >= 4 is 11.6 Å². The van der Waals surface area contributed by atoms with Gasteiger partial charge in [-0.05, 0) is 48.9 Å². The average molecular weight is 609 g/mol. The van der Waals surface area contributed by atoms with Gasteiger partial charge in [0, 0.05) is 42.9 Å². The van der Waals surface area contributed by atoms with Crippen LogP contribution in [0.15, 0.2) is 79.0 Å². The number of aromatic nitrogens is 2. The third-order valence-electron chi connectivity index (χ3n) is 8.10. The summed E-state index contributed by atoms with van der Waals surface area (Å²) in [5.74, 6) is 6.16. The number of carbonyl (C=O) groups is 1. The van der Waals surface area contributed by atoms with Gasteiger partial charge in [-0.1, -0.05) is 53.8 Å². The van der Waals surface area contributed by atoms with E-state index < -0.39 is 18.2 Å². The predicted molar refractivity (Wildman–Crippen MR) is 168 cm³/mol. The average Bonchev–Trinajstić information content (AvgIpc) is 3.61. The van der Waals surface area contributed by atoms with E-state index in [-0.39, 0.29) is 24.9 Å². The van der Waals surface area contributed by atoms with Crippen molar-refractivity contribution in [1.29, 1.82) is 0 Å². The van der Waals surface area contributed by atoms with Crippen molar-refractivity contribution in [2.75, 3.05) is 25.1 Å². The zero-order valence-electron chi connectivity index (χ0n) is 25.3. The number of phenolic OH excluding ortho intramolecular Hbond substituents is 1. The van der Waals surface area contributed by atoms with E-state index in [0.717, 1.165) is 16.7 Å². The lowest BCUT2D eigenvalue weighted by atomic mass is 10.0. The number of aryl methyl sites for hydroxylation is 2. The Bertz CT molecular complexity index is 1700. The predicted octanol–water partition coefficient (Wildman–Crippen LogP) is 4.14. The maximum Gasteiger partial charge on any atom is 0.244 e. The van der Waals surface area contributed by atoms with Gasteiger partial charge in [-0.15, -0.1) is 0 Å². The summed E-state index contributed by atoms with van der Waals surface area (Å²) < 4.78 is 19.3. The third kappa shape index (κ3) is 6.78. The molecule has 1 spiro atoms. The molecule has 2 saturated heterocycles. The van der Waals surface area contributed by atoms with Gasteiger partial charge in [0.25, 0.3) is 0 Å². The van der Waals surface area contributed by atoms with Gasteiger partial charge in [-0.2, -0.15) is 5.10 Å². The van der Waals surface area contributed by atoms with Crippen LogP contribution in [-0.2, 0) is 32.7 Å². The Morgan fingerprint density at radius 2 is 1.87 bits per heavy atom. The smallest absolute Gasteiger partial charge is 0.244 e. The summed E-state index contributed by atoms with van der Waals surface area (Å²) in [4.78, 5) is 15.2. The van der Waals surface area contributed by atoms with Gasteiger partial charge in [0.05, 0.1) is 32.0 Å². The van der Waals surface area contributed by atoms with Gasteiger partial charge in [0.15, 0.2) is 0 Å². The zero-order valence-corrected chi connectivity index (χ0v) is 25.3. The van der Waals surface area contributed by atoms with E-state index in [1.165, 1.54) is 0 Å². The quantitative estimate of drug-likeness (QED) is 0.212. The van der Waals surface area contributed by atoms with Crippen LogP contribution < -0.4 is 5.32 Å². The number of rotatable bonds is 7. The molecular formula is C35H36N4O6. The van der Waals surface area contributed by atoms with Crippen molar-refractivity contribution < 1.29 is 29.2 Å². The molecular weight excluding hydrogens is 572 g/mol. The topological polar surface area (TPSA) is 118 Å². The van der Waals surface area contributed by atoms with Gasteiger partial charge in [-0.3, -0.25) is 9.48 Å². The van der Waals surface area contributed by atoms with Crippen molar-refractivity contribution in [2.24, 2.45) is 7.05 Å². The minimum atomic E-state index is -1.35. The van der Waals surface area contributed by atoms with Crippen LogP contribution in [0, 0.1) is 18.8 Å². The molecule has 0 bridgehead atoms. The van der Waals surface area contributed by atoms with Gasteiger partial charge < -0.3 is 29.7 Å². The number of carbonyl (C=O) groups excluding carboxylic acids is 1. The molecule has 4 aromatic rings. The fraction of sp³-hybridized carbons (Fsp3) is 0.314. The normalized spacial score (nSPS) is 18.3. The SMILES string of the molecule is Cc1ccc(O)c(-c2nn(C)cc2C#Cc2ccc(NC(=O)[C@@H]3COC4(CCOCC4)N3C(O)OCc3ccccc3)cc2)c1. The van der Waals surface area contributed by atoms with E-state index in [1.807, 2.05) is 74.8 Å². The van der Waals surface area contributed by atoms with Crippen molar-refractivity contribution in [3.63, 3.8) is 0 Å². The second-order valence-electron chi connectivity index (χ2n) is 11.3. The highest BCUT2D eigenvalue weighted by Crippen LogP contribution is 2.38. The number of hydrogen-bond acceptors (Lipinski definition) is 8. The van der Waals surface area contributed by atoms with Crippen LogP contribution in [0.25, 0.3) is 11.3 Å². The first-order valence-corrected chi connectivity index (χ1v) is 14.9. The molecule has 1 aromatic heterocycles. The molecule has 232 valence electrons. The molecule has 2 atom stereocenters. The second-order valence-corrected chi connectivity index (χ2v) is 11.3. The van der Waals surface area contributed by atoms with Crippen LogP contribution in [0.5, 0.6) is 5.75 Å². The number of hydrogen-bond donors (Lipinski definition) is 3. The molecule has 3 N–H and O–H groups in total. The first-order chi connectivity index (χ1) is 21.8. The molecule has 45 heavy (non-hydrogen) atoms. The fourth-order valence-corrected chi connectivity index (χ4v) is 5.77. The molecule has 2 aliphatic rings. The molecule has 2 aliphatic heterocycles. The van der Waals surface area contributed by atoms with Crippen molar-refractivity contribution in [3.05, 3.63) is 101 Å². The number of phenols is 1. The van der Waals surface area contributed by atoms with Crippen LogP contribution in [-0.4, -0.2) is 68.8 Å². The summed E-state index contributed by atoms with van der Waals surface area (Å²) in [6, 6.07) is 21.4. The summed E-state index contributed by atoms with van der Waals surface area (Å²) in [5.41, 5.74) is 4.32. The Labute approximate surface area is 262 Å². The number of aliphatic hydroxyl groups is 1. The van der Waals surface area contributed by atoms with E-state index in [2.05, 4.69) is 22.3 Å². The largest absolute Gasteiger partial charge is 0.507 e. The number of nitrogens with zero attached hydrogens (tertiary/aromatic N) is 3. The van der Waals surface area contributed by atoms with E-state index in [1.54, 1.807) is 27.8 Å². The Hall–Kier alpha value is -4.50. The molecule has 6 rings (SSSR count). The first-order valence-electron chi connectivity index (χ1n) is 14.9. The van der Waals surface area contributed by atoms with Crippen molar-refractivity contribution in [3.8, 4) is 28.8 Å². The van der Waals surface area contributed by atoms with Crippen molar-refractivity contribution in [1.82, 2.24) is 14.7 Å². The molecule has 3 heterocycles. The molecule has 0 aliphatic carbocycles. The Morgan fingerprint density at radius 3 is 2.62 bits per heavy atom. The summed E-state index contributed by atoms with van der Waals surface area (Å²) in [7, 11) is 1.81. The number of amides is 1. The first kappa shape index (κ1) is 30.5. The van der Waals surface area contributed by atoms with Gasteiger partial charge >= 0.3 is 0 Å². The summed E-state index contributed by atoms with van der Waals surface area (Å²) >= 11 is 0. The second kappa shape index (κ2) is 13.2. The van der Waals surface area contributed by atoms with Crippen LogP contribution in [0.1, 0.15) is 35.1 Å². The van der Waals surface area contributed by atoms with Crippen LogP contribution in [0.2, 0.25) is 0 Å². The molecule has 2 fully saturated rings. The molecule has 1 unspecified atom stereocenters. The number of benzene rings is 3. The lowest BCUT2D eigenvalue weighted by molar-refractivity contribution is -0.270. The van der Waals surface area contributed by atoms with E-state index in [4.69, 9.17) is 14.2 Å². The number of aromatic hydroxyl groups is 1. The van der Waals surface area contributed by atoms with Crippen LogP contribution >= 0.6 is 0 Å². The maximum absolute atomic E-state index is 13.6. The molecule has 0 saturated carbocycles. The van der Waals surface area contributed by atoms with E-state index >= 15 is 0 Å². The minimum Gasteiger partial charge on any atom is -0.507 e. The van der Waals surface area contributed by atoms with Gasteiger partial charge in [-0.25, -0.2) is 4.90 Å². The van der Waals surface area contributed by atoms with Gasteiger partial charge in [0.1, 0.15) is 23.2 Å². The third-order valence-corrected chi connectivity index (χ3v) is 8.10. The lowest BCUT2D eigenvalue weighted by Crippen LogP contribution is -2.59.